The molecule has 0 aliphatic rings. The minimum absolute atomic E-state index is 0.225. The molecule has 1 heterocycles. The van der Waals surface area contributed by atoms with Crippen LogP contribution in [0.1, 0.15) is 25.0 Å². The molecule has 0 amide bonds. The van der Waals surface area contributed by atoms with E-state index in [1.165, 1.54) is 26.4 Å². The van der Waals surface area contributed by atoms with Gasteiger partial charge in [-0.3, -0.25) is 0 Å². The van der Waals surface area contributed by atoms with E-state index >= 15 is 0 Å². The molecule has 0 fully saturated rings. The van der Waals surface area contributed by atoms with Crippen LogP contribution in [0.15, 0.2) is 35.5 Å². The zero-order chi connectivity index (χ0) is 20.2. The number of ether oxygens (including phenoxy) is 2. The van der Waals surface area contributed by atoms with Gasteiger partial charge >= 0.3 is 6.18 Å². The second-order valence-electron chi connectivity index (χ2n) is 6.21. The summed E-state index contributed by atoms with van der Waals surface area (Å²) in [6.07, 6.45) is -3.78. The van der Waals surface area contributed by atoms with Gasteiger partial charge in [0.05, 0.1) is 31.1 Å². The molecule has 1 aromatic heterocycles. The largest absolute Gasteiger partial charge is 0.481 e. The highest BCUT2D eigenvalue weighted by Crippen LogP contribution is 2.39. The first-order valence-corrected chi connectivity index (χ1v) is 8.76. The van der Waals surface area contributed by atoms with Gasteiger partial charge in [0, 0.05) is 5.41 Å². The van der Waals surface area contributed by atoms with Gasteiger partial charge in [0.1, 0.15) is 6.29 Å². The molecule has 2 rings (SSSR count). The predicted molar refractivity (Wildman–Crippen MR) is 95.3 cm³/mol. The zero-order valence-electron chi connectivity index (χ0n) is 15.2. The molecule has 0 N–H and O–H groups in total. The number of thioether (sulfide) groups is 1. The molecule has 1 aromatic carbocycles. The molecule has 5 nitrogen and oxygen atoms in total. The first-order chi connectivity index (χ1) is 12.6. The molecule has 0 aliphatic heterocycles. The number of carbonyl (C=O) groups excluding carboxylic acids is 1. The lowest BCUT2D eigenvalue weighted by atomic mass is 9.81. The van der Waals surface area contributed by atoms with Crippen molar-refractivity contribution in [3.05, 3.63) is 41.5 Å². The average molecular weight is 400 g/mol. The Kier molecular flexibility index (Phi) is 6.35. The summed E-state index contributed by atoms with van der Waals surface area (Å²) in [6.45, 7) is 3.40. The van der Waals surface area contributed by atoms with Crippen LogP contribution in [-0.4, -0.2) is 35.7 Å². The number of alkyl halides is 3. The fourth-order valence-electron chi connectivity index (χ4n) is 2.36. The third-order valence-corrected chi connectivity index (χ3v) is 5.43. The van der Waals surface area contributed by atoms with Crippen molar-refractivity contribution >= 4 is 18.0 Å². The summed E-state index contributed by atoms with van der Waals surface area (Å²) < 4.78 is 49.2. The predicted octanol–water partition coefficient (Wildman–Crippen LogP) is 4.15. The van der Waals surface area contributed by atoms with E-state index < -0.39 is 22.4 Å². The van der Waals surface area contributed by atoms with Gasteiger partial charge < -0.3 is 14.3 Å². The highest BCUT2D eigenvalue weighted by atomic mass is 32.2. The smallest absolute Gasteiger partial charge is 0.416 e. The van der Waals surface area contributed by atoms with E-state index in [1.807, 2.05) is 0 Å². The number of nitrogens with zero attached hydrogens (tertiary/aromatic N) is 2. The van der Waals surface area contributed by atoms with E-state index in [9.17, 15) is 18.0 Å². The lowest BCUT2D eigenvalue weighted by Gasteiger charge is -2.31. The number of rotatable bonds is 7. The van der Waals surface area contributed by atoms with Crippen LogP contribution >= 0.6 is 11.8 Å². The van der Waals surface area contributed by atoms with E-state index in [0.29, 0.717) is 11.8 Å². The number of hydrogen-bond acceptors (Lipinski definition) is 6. The molecule has 0 radical (unpaired) electrons. The number of aromatic nitrogens is 2. The number of methoxy groups -OCH3 is 2. The molecule has 1 unspecified atom stereocenters. The van der Waals surface area contributed by atoms with Crippen molar-refractivity contribution < 1.29 is 27.4 Å². The number of halogens is 3. The molecule has 0 saturated carbocycles. The number of hydrogen-bond donors (Lipinski definition) is 0. The fourth-order valence-corrected chi connectivity index (χ4v) is 3.36. The van der Waals surface area contributed by atoms with Crippen LogP contribution in [0.25, 0.3) is 0 Å². The van der Waals surface area contributed by atoms with Gasteiger partial charge in [0.25, 0.3) is 0 Å². The molecule has 146 valence electrons. The van der Waals surface area contributed by atoms with E-state index in [0.717, 1.165) is 23.9 Å². The monoisotopic (exact) mass is 400 g/mol. The lowest BCUT2D eigenvalue weighted by Crippen LogP contribution is -2.33. The number of benzene rings is 1. The van der Waals surface area contributed by atoms with Crippen molar-refractivity contribution in [3.8, 4) is 11.8 Å². The SMILES string of the molecule is COc1cc(OC)nc(SC(C=O)C(C)(C)c2cccc(C(F)(F)F)c2)n1. The Labute approximate surface area is 159 Å². The van der Waals surface area contributed by atoms with Crippen molar-refractivity contribution in [1.29, 1.82) is 0 Å². The lowest BCUT2D eigenvalue weighted by molar-refractivity contribution is -0.137. The van der Waals surface area contributed by atoms with Gasteiger partial charge in [-0.15, -0.1) is 0 Å². The second-order valence-corrected chi connectivity index (χ2v) is 7.32. The van der Waals surface area contributed by atoms with Crippen LogP contribution in [0, 0.1) is 0 Å². The molecular weight excluding hydrogens is 381 g/mol. The third-order valence-electron chi connectivity index (χ3n) is 4.08. The zero-order valence-corrected chi connectivity index (χ0v) is 16.0. The maximum absolute atomic E-state index is 13.0. The second kappa shape index (κ2) is 8.16. The minimum atomic E-state index is -4.46. The molecule has 0 aliphatic carbocycles. The summed E-state index contributed by atoms with van der Waals surface area (Å²) in [5.41, 5.74) is -1.29. The van der Waals surface area contributed by atoms with Crippen molar-refractivity contribution in [2.75, 3.05) is 14.2 Å². The first kappa shape index (κ1) is 21.0. The maximum atomic E-state index is 13.0. The highest BCUT2D eigenvalue weighted by Gasteiger charge is 2.36. The standard InChI is InChI=1S/C18H19F3N2O3S/c1-17(2,11-6-5-7-12(8-11)18(19,20)21)13(10-24)27-16-22-14(25-3)9-15(23-16)26-4/h5-10,13H,1-4H3. The highest BCUT2D eigenvalue weighted by molar-refractivity contribution is 8.00. The van der Waals surface area contributed by atoms with Crippen LogP contribution in [0.5, 0.6) is 11.8 Å². The van der Waals surface area contributed by atoms with E-state index in [1.54, 1.807) is 19.9 Å². The van der Waals surface area contributed by atoms with Crippen LogP contribution in [-0.2, 0) is 16.4 Å². The van der Waals surface area contributed by atoms with E-state index in [-0.39, 0.29) is 16.9 Å². The Morgan fingerprint density at radius 1 is 1.04 bits per heavy atom. The van der Waals surface area contributed by atoms with Crippen molar-refractivity contribution in [1.82, 2.24) is 9.97 Å². The van der Waals surface area contributed by atoms with E-state index in [2.05, 4.69) is 9.97 Å². The molecule has 9 heteroatoms. The van der Waals surface area contributed by atoms with Gasteiger partial charge in [-0.2, -0.15) is 23.1 Å². The van der Waals surface area contributed by atoms with E-state index in [4.69, 9.17) is 9.47 Å². The molecular formula is C18H19F3N2O3S. The van der Waals surface area contributed by atoms with Crippen molar-refractivity contribution in [3.63, 3.8) is 0 Å². The van der Waals surface area contributed by atoms with Gasteiger partial charge in [0.2, 0.25) is 11.8 Å². The maximum Gasteiger partial charge on any atom is 0.416 e. The molecule has 0 spiro atoms. The van der Waals surface area contributed by atoms with Crippen LogP contribution in [0.4, 0.5) is 13.2 Å². The van der Waals surface area contributed by atoms with Crippen LogP contribution in [0.2, 0.25) is 0 Å². The third kappa shape index (κ3) is 4.91. The topological polar surface area (TPSA) is 61.3 Å². The van der Waals surface area contributed by atoms with Crippen LogP contribution < -0.4 is 9.47 Å². The van der Waals surface area contributed by atoms with Crippen molar-refractivity contribution in [2.45, 2.75) is 35.8 Å². The molecule has 0 saturated heterocycles. The normalized spacial score (nSPS) is 13.1. The molecule has 2 aromatic rings. The Morgan fingerprint density at radius 3 is 2.07 bits per heavy atom. The fraction of sp³-hybridized carbons (Fsp3) is 0.389. The average Bonchev–Trinajstić information content (AvgIpc) is 2.64. The summed E-state index contributed by atoms with van der Waals surface area (Å²) in [5, 5.41) is -0.513. The molecule has 1 atom stereocenters. The molecule has 27 heavy (non-hydrogen) atoms. The Morgan fingerprint density at radius 2 is 1.59 bits per heavy atom. The van der Waals surface area contributed by atoms with Gasteiger partial charge in [-0.05, 0) is 11.6 Å². The Balaban J connectivity index is 2.37. The van der Waals surface area contributed by atoms with Crippen molar-refractivity contribution in [2.24, 2.45) is 0 Å². The summed E-state index contributed by atoms with van der Waals surface area (Å²) in [5.74, 6) is 0.511. The summed E-state index contributed by atoms with van der Waals surface area (Å²) in [7, 11) is 2.86. The van der Waals surface area contributed by atoms with Crippen LogP contribution in [0.3, 0.4) is 0 Å². The number of aldehydes is 1. The first-order valence-electron chi connectivity index (χ1n) is 7.88. The Bertz CT molecular complexity index is 790. The van der Waals surface area contributed by atoms with Gasteiger partial charge in [-0.1, -0.05) is 43.8 Å². The molecule has 0 bridgehead atoms. The number of carbonyl (C=O) groups is 1. The Hall–Kier alpha value is -2.29. The minimum Gasteiger partial charge on any atom is -0.481 e. The quantitative estimate of drug-likeness (QED) is 0.395. The summed E-state index contributed by atoms with van der Waals surface area (Å²) >= 11 is 1.03. The van der Waals surface area contributed by atoms with Gasteiger partial charge in [-0.25, -0.2) is 0 Å². The summed E-state index contributed by atoms with van der Waals surface area (Å²) in [6, 6.07) is 6.44. The summed E-state index contributed by atoms with van der Waals surface area (Å²) in [4.78, 5) is 20.1. The van der Waals surface area contributed by atoms with Gasteiger partial charge in [0.15, 0.2) is 5.16 Å².